The molecule has 24 heavy (non-hydrogen) atoms. The van der Waals surface area contributed by atoms with E-state index in [0.29, 0.717) is 24.2 Å². The predicted octanol–water partition coefficient (Wildman–Crippen LogP) is 4.28. The first-order valence-corrected chi connectivity index (χ1v) is 7.92. The molecule has 4 heteroatoms. The molecule has 2 rings (SSSR count). The van der Waals surface area contributed by atoms with E-state index in [1.165, 1.54) is 6.08 Å². The first-order chi connectivity index (χ1) is 11.5. The highest BCUT2D eigenvalue weighted by Gasteiger charge is 2.07. The summed E-state index contributed by atoms with van der Waals surface area (Å²) < 4.78 is 0. The lowest BCUT2D eigenvalue weighted by Gasteiger charge is -2.07. The quantitative estimate of drug-likeness (QED) is 0.591. The highest BCUT2D eigenvalue weighted by atomic mass is 16.1. The zero-order valence-corrected chi connectivity index (χ0v) is 14.0. The normalized spacial score (nSPS) is 9.92. The third-order valence-corrected chi connectivity index (χ3v) is 3.33. The molecule has 2 aromatic rings. The maximum Gasteiger partial charge on any atom is 0.248 e. The van der Waals surface area contributed by atoms with Crippen molar-refractivity contribution < 1.29 is 9.59 Å². The van der Waals surface area contributed by atoms with Crippen LogP contribution in [-0.4, -0.2) is 18.2 Å². The van der Waals surface area contributed by atoms with Gasteiger partial charge in [0, 0.05) is 36.0 Å². The maximum atomic E-state index is 12.3. The first-order valence-electron chi connectivity index (χ1n) is 7.92. The SMILES string of the molecule is CC(C)=CC(=O)Nc1cccc(C(=O)CCNc2ccccc2)c1. The Kier molecular flexibility index (Phi) is 6.32. The number of hydrogen-bond donors (Lipinski definition) is 2. The average molecular weight is 322 g/mol. The Morgan fingerprint density at radius 3 is 2.38 bits per heavy atom. The van der Waals surface area contributed by atoms with Gasteiger partial charge in [0.05, 0.1) is 0 Å². The number of rotatable bonds is 7. The van der Waals surface area contributed by atoms with Crippen LogP contribution in [0.4, 0.5) is 11.4 Å². The number of carbonyl (C=O) groups excluding carboxylic acids is 2. The van der Waals surface area contributed by atoms with Crippen LogP contribution in [0.2, 0.25) is 0 Å². The van der Waals surface area contributed by atoms with Crippen molar-refractivity contribution >= 4 is 23.1 Å². The molecule has 124 valence electrons. The summed E-state index contributed by atoms with van der Waals surface area (Å²) in [5, 5.41) is 5.98. The summed E-state index contributed by atoms with van der Waals surface area (Å²) in [6.07, 6.45) is 1.92. The van der Waals surface area contributed by atoms with Crippen molar-refractivity contribution in [3.8, 4) is 0 Å². The van der Waals surface area contributed by atoms with E-state index < -0.39 is 0 Å². The smallest absolute Gasteiger partial charge is 0.248 e. The molecule has 0 bridgehead atoms. The largest absolute Gasteiger partial charge is 0.385 e. The van der Waals surface area contributed by atoms with E-state index in [1.807, 2.05) is 44.2 Å². The summed E-state index contributed by atoms with van der Waals surface area (Å²) >= 11 is 0. The van der Waals surface area contributed by atoms with Crippen LogP contribution in [0.3, 0.4) is 0 Å². The van der Waals surface area contributed by atoms with Crippen molar-refractivity contribution in [2.75, 3.05) is 17.2 Å². The van der Waals surface area contributed by atoms with Gasteiger partial charge in [-0.05, 0) is 38.1 Å². The van der Waals surface area contributed by atoms with Crippen molar-refractivity contribution in [2.45, 2.75) is 20.3 Å². The van der Waals surface area contributed by atoms with E-state index in [-0.39, 0.29) is 11.7 Å². The molecule has 0 fully saturated rings. The zero-order chi connectivity index (χ0) is 17.4. The Morgan fingerprint density at radius 2 is 1.67 bits per heavy atom. The van der Waals surface area contributed by atoms with Gasteiger partial charge < -0.3 is 10.6 Å². The van der Waals surface area contributed by atoms with Gasteiger partial charge in [0.2, 0.25) is 5.91 Å². The number of ketones is 1. The topological polar surface area (TPSA) is 58.2 Å². The van der Waals surface area contributed by atoms with Crippen LogP contribution in [0.1, 0.15) is 30.6 Å². The number of Topliss-reactive ketones (excluding diaryl/α,β-unsaturated/α-hetero) is 1. The van der Waals surface area contributed by atoms with Gasteiger partial charge in [-0.3, -0.25) is 9.59 Å². The molecular formula is C20H22N2O2. The standard InChI is InChI=1S/C20H22N2O2/c1-15(2)13-20(24)22-18-10-6-7-16(14-18)19(23)11-12-21-17-8-4-3-5-9-17/h3-10,13-14,21H,11-12H2,1-2H3,(H,22,24). The third kappa shape index (κ3) is 5.72. The third-order valence-electron chi connectivity index (χ3n) is 3.33. The summed E-state index contributed by atoms with van der Waals surface area (Å²) in [5.74, 6) is -0.151. The summed E-state index contributed by atoms with van der Waals surface area (Å²) in [7, 11) is 0. The summed E-state index contributed by atoms with van der Waals surface area (Å²) in [5.41, 5.74) is 3.14. The lowest BCUT2D eigenvalue weighted by Crippen LogP contribution is -2.11. The molecule has 0 radical (unpaired) electrons. The van der Waals surface area contributed by atoms with Gasteiger partial charge >= 0.3 is 0 Å². The molecule has 0 aromatic heterocycles. The van der Waals surface area contributed by atoms with Gasteiger partial charge in [-0.25, -0.2) is 0 Å². The fraction of sp³-hybridized carbons (Fsp3) is 0.200. The number of para-hydroxylation sites is 1. The van der Waals surface area contributed by atoms with Crippen LogP contribution in [0.5, 0.6) is 0 Å². The fourth-order valence-electron chi connectivity index (χ4n) is 2.23. The number of anilines is 2. The lowest BCUT2D eigenvalue weighted by molar-refractivity contribution is -0.111. The van der Waals surface area contributed by atoms with Gasteiger partial charge in [0.15, 0.2) is 5.78 Å². The minimum Gasteiger partial charge on any atom is -0.385 e. The van der Waals surface area contributed by atoms with Gasteiger partial charge in [-0.15, -0.1) is 0 Å². The van der Waals surface area contributed by atoms with E-state index in [1.54, 1.807) is 24.3 Å². The number of benzene rings is 2. The first kappa shape index (κ1) is 17.5. The van der Waals surface area contributed by atoms with Gasteiger partial charge in [-0.1, -0.05) is 35.9 Å². The monoisotopic (exact) mass is 322 g/mol. The van der Waals surface area contributed by atoms with Crippen LogP contribution < -0.4 is 10.6 Å². The van der Waals surface area contributed by atoms with Gasteiger partial charge in [-0.2, -0.15) is 0 Å². The summed E-state index contributed by atoms with van der Waals surface area (Å²) in [6, 6.07) is 16.8. The second kappa shape index (κ2) is 8.67. The summed E-state index contributed by atoms with van der Waals surface area (Å²) in [6.45, 7) is 4.29. The Bertz CT molecular complexity index is 732. The zero-order valence-electron chi connectivity index (χ0n) is 14.0. The van der Waals surface area contributed by atoms with E-state index in [9.17, 15) is 9.59 Å². The highest BCUT2D eigenvalue weighted by Crippen LogP contribution is 2.13. The second-order valence-corrected chi connectivity index (χ2v) is 5.76. The van der Waals surface area contributed by atoms with Crippen LogP contribution >= 0.6 is 0 Å². The molecule has 2 N–H and O–H groups in total. The molecule has 0 saturated heterocycles. The number of allylic oxidation sites excluding steroid dienone is 1. The maximum absolute atomic E-state index is 12.3. The number of amides is 1. The molecule has 4 nitrogen and oxygen atoms in total. The molecule has 1 amide bonds. The fourth-order valence-corrected chi connectivity index (χ4v) is 2.23. The molecule has 0 aliphatic rings. The van der Waals surface area contributed by atoms with Crippen molar-refractivity contribution in [1.29, 1.82) is 0 Å². The Balaban J connectivity index is 1.91. The van der Waals surface area contributed by atoms with Crippen molar-refractivity contribution in [2.24, 2.45) is 0 Å². The Morgan fingerprint density at radius 1 is 0.958 bits per heavy atom. The second-order valence-electron chi connectivity index (χ2n) is 5.76. The predicted molar refractivity (Wildman–Crippen MR) is 98.4 cm³/mol. The van der Waals surface area contributed by atoms with E-state index in [4.69, 9.17) is 0 Å². The molecule has 0 aliphatic heterocycles. The molecule has 0 aliphatic carbocycles. The van der Waals surface area contributed by atoms with Crippen LogP contribution in [0, 0.1) is 0 Å². The molecule has 0 saturated carbocycles. The van der Waals surface area contributed by atoms with Crippen LogP contribution in [0.25, 0.3) is 0 Å². The van der Waals surface area contributed by atoms with Gasteiger partial charge in [0.25, 0.3) is 0 Å². The van der Waals surface area contributed by atoms with Crippen LogP contribution in [-0.2, 0) is 4.79 Å². The molecule has 0 spiro atoms. The van der Waals surface area contributed by atoms with E-state index >= 15 is 0 Å². The molecule has 0 atom stereocenters. The minimum absolute atomic E-state index is 0.0387. The summed E-state index contributed by atoms with van der Waals surface area (Å²) in [4.78, 5) is 24.0. The Labute approximate surface area is 142 Å². The average Bonchev–Trinajstić information content (AvgIpc) is 2.55. The minimum atomic E-state index is -0.189. The lowest BCUT2D eigenvalue weighted by atomic mass is 10.1. The van der Waals surface area contributed by atoms with Crippen LogP contribution in [0.15, 0.2) is 66.2 Å². The molecule has 0 unspecified atom stereocenters. The highest BCUT2D eigenvalue weighted by molar-refractivity contribution is 6.01. The Hall–Kier alpha value is -2.88. The van der Waals surface area contributed by atoms with Crippen molar-refractivity contribution in [3.63, 3.8) is 0 Å². The van der Waals surface area contributed by atoms with E-state index in [0.717, 1.165) is 11.3 Å². The molecular weight excluding hydrogens is 300 g/mol. The number of hydrogen-bond acceptors (Lipinski definition) is 3. The number of carbonyl (C=O) groups is 2. The van der Waals surface area contributed by atoms with Crippen molar-refractivity contribution in [1.82, 2.24) is 0 Å². The van der Waals surface area contributed by atoms with Gasteiger partial charge in [0.1, 0.15) is 0 Å². The molecule has 2 aromatic carbocycles. The molecule has 0 heterocycles. The number of nitrogens with one attached hydrogen (secondary N) is 2. The van der Waals surface area contributed by atoms with E-state index in [2.05, 4.69) is 10.6 Å². The van der Waals surface area contributed by atoms with Crippen molar-refractivity contribution in [3.05, 3.63) is 71.8 Å².